The van der Waals surface area contributed by atoms with Gasteiger partial charge in [-0.05, 0) is 106 Å². The molecular weight excluding hydrogens is 648 g/mol. The van der Waals surface area contributed by atoms with Gasteiger partial charge in [0.25, 0.3) is 0 Å². The van der Waals surface area contributed by atoms with Gasteiger partial charge in [0.2, 0.25) is 11.8 Å². The van der Waals surface area contributed by atoms with Crippen molar-refractivity contribution < 1.29 is 38.4 Å². The van der Waals surface area contributed by atoms with E-state index in [1.54, 1.807) is 6.07 Å². The second kappa shape index (κ2) is 13.4. The fourth-order valence-corrected chi connectivity index (χ4v) is 9.64. The Morgan fingerprint density at radius 2 is 1.76 bits per heavy atom. The normalized spacial score (nSPS) is 35.4. The predicted molar refractivity (Wildman–Crippen MR) is 189 cm³/mol. The van der Waals surface area contributed by atoms with Crippen LogP contribution < -0.4 is 10.6 Å². The molecule has 3 N–H and O–H groups in total. The molecule has 276 valence electrons. The summed E-state index contributed by atoms with van der Waals surface area (Å²) < 4.78 is 25.9. The maximum absolute atomic E-state index is 13.9. The largest absolute Gasteiger partial charge is 0.456 e. The van der Waals surface area contributed by atoms with Crippen LogP contribution in [0.1, 0.15) is 107 Å². The minimum Gasteiger partial charge on any atom is -0.456 e. The van der Waals surface area contributed by atoms with Crippen LogP contribution in [0, 0.1) is 29.1 Å². The van der Waals surface area contributed by atoms with Gasteiger partial charge < -0.3 is 34.7 Å². The van der Waals surface area contributed by atoms with Gasteiger partial charge in [-0.25, -0.2) is 4.79 Å². The Balaban J connectivity index is 0.986. The molecule has 8 rings (SSSR count). The summed E-state index contributed by atoms with van der Waals surface area (Å²) in [7, 11) is 0. The molecule has 2 heterocycles. The van der Waals surface area contributed by atoms with Crippen molar-refractivity contribution in [3.8, 4) is 0 Å². The number of hydrogen-bond donors (Lipinski definition) is 3. The Kier molecular flexibility index (Phi) is 9.21. The maximum atomic E-state index is 13.9. The summed E-state index contributed by atoms with van der Waals surface area (Å²) in [5, 5.41) is 14.4. The Bertz CT molecular complexity index is 1600. The molecule has 5 aliphatic carbocycles. The molecule has 0 aromatic heterocycles. The number of benzene rings is 1. The van der Waals surface area contributed by atoms with Gasteiger partial charge in [0.05, 0.1) is 23.9 Å². The van der Waals surface area contributed by atoms with Crippen LogP contribution in [0.25, 0.3) is 6.08 Å². The van der Waals surface area contributed by atoms with E-state index in [-0.39, 0.29) is 50.0 Å². The van der Waals surface area contributed by atoms with Crippen LogP contribution in [0.15, 0.2) is 41.5 Å². The Morgan fingerprint density at radius 1 is 0.980 bits per heavy atom. The molecule has 51 heavy (non-hydrogen) atoms. The zero-order chi connectivity index (χ0) is 35.5. The van der Waals surface area contributed by atoms with Crippen LogP contribution in [-0.4, -0.2) is 78.4 Å². The van der Waals surface area contributed by atoms with E-state index < -0.39 is 30.1 Å². The maximum Gasteiger partial charge on any atom is 0.338 e. The van der Waals surface area contributed by atoms with Gasteiger partial charge in [0, 0.05) is 43.3 Å². The summed E-state index contributed by atoms with van der Waals surface area (Å²) in [6.07, 6.45) is 12.7. The SMILES string of the molecule is CC1(C)CC2C(=Cc3cccc(C(=O)OC4CC(C(=O)NCCC(=O)NCCO)=CC5OC(C6CC6)(C6CC6)OC54)c3)CCC3OC3(C)CCC21. The fourth-order valence-electron chi connectivity index (χ4n) is 9.64. The van der Waals surface area contributed by atoms with E-state index >= 15 is 0 Å². The third-order valence-corrected chi connectivity index (χ3v) is 12.9. The Morgan fingerprint density at radius 3 is 2.49 bits per heavy atom. The molecule has 7 aliphatic rings. The van der Waals surface area contributed by atoms with Gasteiger partial charge in [-0.1, -0.05) is 37.6 Å². The second-order valence-corrected chi connectivity index (χ2v) is 17.1. The number of amides is 2. The molecule has 0 radical (unpaired) electrons. The zero-order valence-electron chi connectivity index (χ0n) is 30.3. The third-order valence-electron chi connectivity index (χ3n) is 12.9. The second-order valence-electron chi connectivity index (χ2n) is 17.1. The van der Waals surface area contributed by atoms with Gasteiger partial charge in [0.15, 0.2) is 5.79 Å². The van der Waals surface area contributed by atoms with Crippen LogP contribution in [0.3, 0.4) is 0 Å². The zero-order valence-corrected chi connectivity index (χ0v) is 30.3. The average molecular weight is 703 g/mol. The average Bonchev–Trinajstić information content (AvgIpc) is 4.01. The van der Waals surface area contributed by atoms with Crippen LogP contribution in [0.2, 0.25) is 0 Å². The fraction of sp³-hybridized carbons (Fsp3) is 0.683. The summed E-state index contributed by atoms with van der Waals surface area (Å²) in [6.45, 7) is 7.23. The first-order valence-electron chi connectivity index (χ1n) is 19.4. The van der Waals surface area contributed by atoms with Gasteiger partial charge >= 0.3 is 5.97 Å². The standard InChI is InChI=1S/C41H54N2O8/c1-39(2)23-30-25(7-12-34-40(3,50-34)15-13-31(30)39)19-24-5-4-6-26(20-24)38(47)48-32-21-27(37(46)43-16-14-35(45)42-17-18-44)22-33-36(32)51-41(49-33,28-8-9-28)29-10-11-29/h4-6,19-20,22,28-34,36,44H,7-18,21,23H2,1-3H3,(H,42,45)(H,43,46). The number of allylic oxidation sites excluding steroid dienone is 1. The Labute approximate surface area is 301 Å². The highest BCUT2D eigenvalue weighted by Gasteiger charge is 2.64. The lowest BCUT2D eigenvalue weighted by Gasteiger charge is -2.53. The molecule has 1 aromatic carbocycles. The molecule has 1 aromatic rings. The summed E-state index contributed by atoms with van der Waals surface area (Å²) >= 11 is 0. The number of aliphatic hydroxyl groups is 1. The van der Waals surface area contributed by atoms with Gasteiger partial charge in [-0.15, -0.1) is 0 Å². The Hall–Kier alpha value is -3.05. The van der Waals surface area contributed by atoms with Crippen LogP contribution in [-0.2, 0) is 28.5 Å². The highest BCUT2D eigenvalue weighted by atomic mass is 16.8. The molecular formula is C41H54N2O8. The van der Waals surface area contributed by atoms with E-state index in [9.17, 15) is 14.4 Å². The smallest absolute Gasteiger partial charge is 0.338 e. The van der Waals surface area contributed by atoms with Crippen molar-refractivity contribution in [3.05, 3.63) is 52.6 Å². The van der Waals surface area contributed by atoms with Crippen molar-refractivity contribution in [2.45, 2.75) is 127 Å². The lowest BCUT2D eigenvalue weighted by molar-refractivity contribution is -0.209. The number of carbonyl (C=O) groups is 3. The highest BCUT2D eigenvalue weighted by molar-refractivity contribution is 5.94. The third kappa shape index (κ3) is 7.06. The number of rotatable bonds is 11. The van der Waals surface area contributed by atoms with Gasteiger partial charge in [-0.2, -0.15) is 0 Å². The molecule has 6 fully saturated rings. The van der Waals surface area contributed by atoms with E-state index in [0.717, 1.165) is 50.5 Å². The van der Waals surface area contributed by atoms with Crippen LogP contribution in [0.4, 0.5) is 0 Å². The molecule has 0 spiro atoms. The van der Waals surface area contributed by atoms with E-state index in [1.807, 2.05) is 18.2 Å². The summed E-state index contributed by atoms with van der Waals surface area (Å²) in [4.78, 5) is 39.3. The number of epoxide rings is 1. The summed E-state index contributed by atoms with van der Waals surface area (Å²) in [5.41, 5.74) is 3.73. The number of carbonyl (C=O) groups excluding carboxylic acids is 3. The van der Waals surface area contributed by atoms with Crippen LogP contribution in [0.5, 0.6) is 0 Å². The monoisotopic (exact) mass is 702 g/mol. The minimum atomic E-state index is -0.706. The van der Waals surface area contributed by atoms with E-state index in [0.29, 0.717) is 46.3 Å². The molecule has 2 amide bonds. The van der Waals surface area contributed by atoms with Gasteiger partial charge in [-0.3, -0.25) is 9.59 Å². The molecule has 7 unspecified atom stereocenters. The number of hydrogen-bond acceptors (Lipinski definition) is 8. The number of fused-ring (bicyclic) bond motifs is 3. The molecule has 7 atom stereocenters. The molecule has 4 saturated carbocycles. The van der Waals surface area contributed by atoms with Crippen molar-refractivity contribution in [3.63, 3.8) is 0 Å². The first-order valence-corrected chi connectivity index (χ1v) is 19.4. The first kappa shape index (κ1) is 35.0. The van der Waals surface area contributed by atoms with Crippen molar-refractivity contribution in [2.75, 3.05) is 19.7 Å². The van der Waals surface area contributed by atoms with Gasteiger partial charge in [0.1, 0.15) is 18.3 Å². The van der Waals surface area contributed by atoms with Crippen molar-refractivity contribution in [1.29, 1.82) is 0 Å². The lowest BCUT2D eigenvalue weighted by atomic mass is 9.52. The highest BCUT2D eigenvalue weighted by Crippen LogP contribution is 2.61. The minimum absolute atomic E-state index is 0.0331. The first-order chi connectivity index (χ1) is 24.5. The summed E-state index contributed by atoms with van der Waals surface area (Å²) in [6, 6.07) is 7.70. The van der Waals surface area contributed by atoms with Crippen molar-refractivity contribution >= 4 is 23.9 Å². The van der Waals surface area contributed by atoms with Crippen LogP contribution >= 0.6 is 0 Å². The number of ether oxygens (including phenoxy) is 4. The van der Waals surface area contributed by atoms with E-state index in [1.165, 1.54) is 18.4 Å². The van der Waals surface area contributed by atoms with E-state index in [4.69, 9.17) is 24.1 Å². The molecule has 2 aliphatic heterocycles. The van der Waals surface area contributed by atoms with Crippen molar-refractivity contribution in [2.24, 2.45) is 29.1 Å². The lowest BCUT2D eigenvalue weighted by Crippen LogP contribution is -2.45. The predicted octanol–water partition coefficient (Wildman–Crippen LogP) is 5.23. The molecule has 0 bridgehead atoms. The molecule has 10 nitrogen and oxygen atoms in total. The quantitative estimate of drug-likeness (QED) is 0.211. The molecule has 10 heteroatoms. The summed E-state index contributed by atoms with van der Waals surface area (Å²) in [5.74, 6) is 0.120. The topological polar surface area (TPSA) is 136 Å². The number of nitrogens with one attached hydrogen (secondary N) is 2. The number of aliphatic hydroxyl groups excluding tert-OH is 1. The van der Waals surface area contributed by atoms with E-state index in [2.05, 4.69) is 43.5 Å². The molecule has 2 saturated heterocycles. The number of esters is 1. The van der Waals surface area contributed by atoms with Crippen molar-refractivity contribution in [1.82, 2.24) is 10.6 Å².